The van der Waals surface area contributed by atoms with E-state index in [0.717, 1.165) is 30.5 Å². The summed E-state index contributed by atoms with van der Waals surface area (Å²) in [7, 11) is 0. The second-order valence-corrected chi connectivity index (χ2v) is 11.0. The number of nitroso groups, excluding NO2 is 1. The number of rotatable bonds is 7. The molecule has 14 heteroatoms. The second kappa shape index (κ2) is 11.4. The van der Waals surface area contributed by atoms with Gasteiger partial charge < -0.3 is 5.32 Å². The smallest absolute Gasteiger partial charge is 0.355 e. The van der Waals surface area contributed by atoms with Crippen LogP contribution in [0.5, 0.6) is 0 Å². The molecule has 1 amide bonds. The van der Waals surface area contributed by atoms with Gasteiger partial charge in [0.05, 0.1) is 23.2 Å². The maximum atomic E-state index is 14.0. The van der Waals surface area contributed by atoms with Gasteiger partial charge in [0.1, 0.15) is 11.4 Å². The minimum absolute atomic E-state index is 0.0215. The third-order valence-corrected chi connectivity index (χ3v) is 8.13. The van der Waals surface area contributed by atoms with Gasteiger partial charge in [-0.3, -0.25) is 14.8 Å². The Balaban J connectivity index is 1.57. The number of alkyl halides is 6. The molecule has 0 spiro atoms. The van der Waals surface area contributed by atoms with Gasteiger partial charge >= 0.3 is 12.4 Å². The fourth-order valence-corrected chi connectivity index (χ4v) is 5.76. The number of nitrogens with one attached hydrogen (secondary N) is 1. The summed E-state index contributed by atoms with van der Waals surface area (Å²) in [6.45, 7) is 6.19. The number of halogens is 7. The quantitative estimate of drug-likeness (QED) is 0.209. The van der Waals surface area contributed by atoms with Crippen molar-refractivity contribution in [3.8, 4) is 11.1 Å². The van der Waals surface area contributed by atoms with E-state index in [1.54, 1.807) is 36.2 Å². The van der Waals surface area contributed by atoms with Gasteiger partial charge in [-0.1, -0.05) is 42.4 Å². The van der Waals surface area contributed by atoms with Gasteiger partial charge in [-0.25, -0.2) is 5.01 Å². The lowest BCUT2D eigenvalue weighted by Crippen LogP contribution is -2.59. The van der Waals surface area contributed by atoms with E-state index in [-0.39, 0.29) is 40.3 Å². The number of hydrogen-bond donors (Lipinski definition) is 1. The molecule has 2 aliphatic rings. The predicted octanol–water partition coefficient (Wildman–Crippen LogP) is 8.20. The first-order valence-corrected chi connectivity index (χ1v) is 13.6. The lowest BCUT2D eigenvalue weighted by atomic mass is 9.88. The van der Waals surface area contributed by atoms with E-state index < -0.39 is 35.1 Å². The zero-order valence-corrected chi connectivity index (χ0v) is 23.8. The van der Waals surface area contributed by atoms with Crippen LogP contribution < -0.4 is 5.32 Å². The van der Waals surface area contributed by atoms with Gasteiger partial charge in [0.15, 0.2) is 0 Å². The molecule has 230 valence electrons. The van der Waals surface area contributed by atoms with Gasteiger partial charge in [-0.15, -0.1) is 4.91 Å². The Bertz CT molecular complexity index is 1670. The van der Waals surface area contributed by atoms with Crippen LogP contribution in [-0.2, 0) is 23.7 Å². The van der Waals surface area contributed by atoms with Crippen molar-refractivity contribution in [2.75, 3.05) is 11.9 Å². The molecule has 1 fully saturated rings. The first kappa shape index (κ1) is 31.2. The molecule has 0 saturated carbocycles. The Morgan fingerprint density at radius 3 is 2.43 bits per heavy atom. The monoisotopic (exact) mass is 635 g/mol. The summed E-state index contributed by atoms with van der Waals surface area (Å²) in [5, 5.41) is 9.67. The van der Waals surface area contributed by atoms with Crippen LogP contribution in [0.2, 0.25) is 5.02 Å². The summed E-state index contributed by atoms with van der Waals surface area (Å²) in [5.74, 6) is -0.638. The van der Waals surface area contributed by atoms with Crippen molar-refractivity contribution >= 4 is 23.2 Å². The number of pyridine rings is 1. The number of nitrogens with zero attached hydrogens (tertiary/aromatic N) is 4. The van der Waals surface area contributed by atoms with Crippen LogP contribution in [0.4, 0.5) is 32.0 Å². The van der Waals surface area contributed by atoms with E-state index in [9.17, 15) is 36.0 Å². The summed E-state index contributed by atoms with van der Waals surface area (Å²) in [6.07, 6.45) is -7.61. The van der Waals surface area contributed by atoms with E-state index in [4.69, 9.17) is 11.6 Å². The van der Waals surface area contributed by atoms with Crippen LogP contribution in [0.1, 0.15) is 36.6 Å². The molecule has 1 atom stereocenters. The number of amides is 1. The number of carbonyl (C=O) groups is 1. The molecule has 1 N–H and O–H groups in total. The Labute approximate surface area is 252 Å². The molecule has 2 aliphatic heterocycles. The average molecular weight is 636 g/mol. The van der Waals surface area contributed by atoms with E-state index in [2.05, 4.69) is 22.1 Å². The van der Waals surface area contributed by atoms with Gasteiger partial charge in [0.25, 0.3) is 5.91 Å². The Hall–Kier alpha value is -4.23. The molecule has 5 rings (SSSR count). The summed E-state index contributed by atoms with van der Waals surface area (Å²) in [6, 6.07) is 11.2. The Morgan fingerprint density at radius 2 is 1.82 bits per heavy atom. The molecule has 0 radical (unpaired) electrons. The Kier molecular flexibility index (Phi) is 8.06. The van der Waals surface area contributed by atoms with Gasteiger partial charge in [-0.2, -0.15) is 26.3 Å². The molecule has 3 heterocycles. The van der Waals surface area contributed by atoms with Crippen molar-refractivity contribution in [3.05, 3.63) is 111 Å². The predicted molar refractivity (Wildman–Crippen MR) is 152 cm³/mol. The van der Waals surface area contributed by atoms with Crippen LogP contribution in [0.15, 0.2) is 89.5 Å². The van der Waals surface area contributed by atoms with Crippen LogP contribution in [0.3, 0.4) is 0 Å². The SMILES string of the molecule is C=C(Nc1ccc(C(F)(F)F)cc1-c1ccc(C(F)(F)F)nc1)C1=C(N=O)C2(C)CCCN2N(Cc2ccccc2Cl)C1=O. The number of hydrazine groups is 1. The van der Waals surface area contributed by atoms with Crippen molar-refractivity contribution in [2.24, 2.45) is 5.18 Å². The number of fused-ring (bicyclic) bond motifs is 1. The van der Waals surface area contributed by atoms with Crippen molar-refractivity contribution in [2.45, 2.75) is 44.2 Å². The highest BCUT2D eigenvalue weighted by Crippen LogP contribution is 2.45. The zero-order chi connectivity index (χ0) is 32.0. The largest absolute Gasteiger partial charge is 0.433 e. The summed E-state index contributed by atoms with van der Waals surface area (Å²) in [5.41, 5.74) is -3.31. The highest BCUT2D eigenvalue weighted by atomic mass is 35.5. The van der Waals surface area contributed by atoms with Gasteiger partial charge in [0.2, 0.25) is 0 Å². The number of hydrogen-bond acceptors (Lipinski definition) is 6. The summed E-state index contributed by atoms with van der Waals surface area (Å²) < 4.78 is 80.2. The Morgan fingerprint density at radius 1 is 1.09 bits per heavy atom. The molecular formula is C30H24ClF6N5O2. The van der Waals surface area contributed by atoms with Crippen LogP contribution in [0.25, 0.3) is 11.1 Å². The highest BCUT2D eigenvalue weighted by molar-refractivity contribution is 6.31. The number of benzene rings is 2. The van der Waals surface area contributed by atoms with Gasteiger partial charge in [-0.05, 0) is 60.8 Å². The van der Waals surface area contributed by atoms with Crippen LogP contribution in [0, 0.1) is 4.91 Å². The molecule has 1 saturated heterocycles. The second-order valence-electron chi connectivity index (χ2n) is 10.6. The third-order valence-electron chi connectivity index (χ3n) is 7.76. The lowest BCUT2D eigenvalue weighted by Gasteiger charge is -2.47. The molecule has 0 aliphatic carbocycles. The van der Waals surface area contributed by atoms with Gasteiger partial charge in [0, 0.05) is 40.3 Å². The zero-order valence-electron chi connectivity index (χ0n) is 23.1. The summed E-state index contributed by atoms with van der Waals surface area (Å²) >= 11 is 6.37. The molecule has 2 aromatic carbocycles. The van der Waals surface area contributed by atoms with Crippen LogP contribution >= 0.6 is 11.6 Å². The molecule has 44 heavy (non-hydrogen) atoms. The van der Waals surface area contributed by atoms with Crippen molar-refractivity contribution in [1.29, 1.82) is 0 Å². The van der Waals surface area contributed by atoms with E-state index >= 15 is 0 Å². The normalized spacial score (nSPS) is 19.3. The number of carbonyl (C=O) groups excluding carboxylic acids is 1. The maximum Gasteiger partial charge on any atom is 0.433 e. The average Bonchev–Trinajstić information content (AvgIpc) is 3.36. The molecule has 7 nitrogen and oxygen atoms in total. The standard InChI is InChI=1S/C30H24ClF6N5O2/c1-17(39-23-10-9-20(29(32,33)34)14-21(23)18-8-11-24(38-15-18)30(35,36)37)25-26(40-44)28(2)12-5-13-42(28)41(27(25)43)16-19-6-3-4-7-22(19)31/h3-4,6-11,14-15,39H,1,5,12-13,16H2,2H3. The number of anilines is 1. The number of aromatic nitrogens is 1. The molecule has 1 unspecified atom stereocenters. The molecule has 3 aromatic rings. The lowest BCUT2D eigenvalue weighted by molar-refractivity contribution is -0.156. The van der Waals surface area contributed by atoms with Crippen molar-refractivity contribution in [1.82, 2.24) is 15.0 Å². The fourth-order valence-electron chi connectivity index (χ4n) is 5.56. The van der Waals surface area contributed by atoms with E-state index in [1.807, 2.05) is 0 Å². The van der Waals surface area contributed by atoms with Crippen LogP contribution in [-0.4, -0.2) is 33.0 Å². The summed E-state index contributed by atoms with van der Waals surface area (Å²) in [4.78, 5) is 29.7. The first-order chi connectivity index (χ1) is 20.6. The highest BCUT2D eigenvalue weighted by Gasteiger charge is 2.52. The molecule has 0 bridgehead atoms. The van der Waals surface area contributed by atoms with Crippen molar-refractivity contribution < 1.29 is 31.1 Å². The molecular weight excluding hydrogens is 612 g/mol. The maximum absolute atomic E-state index is 14.0. The minimum atomic E-state index is -4.76. The molecule has 1 aromatic heterocycles. The topological polar surface area (TPSA) is 77.9 Å². The first-order valence-electron chi connectivity index (χ1n) is 13.3. The fraction of sp³-hybridized carbons (Fsp3) is 0.267. The van der Waals surface area contributed by atoms with E-state index in [0.29, 0.717) is 36.0 Å². The van der Waals surface area contributed by atoms with E-state index in [1.165, 1.54) is 5.01 Å². The van der Waals surface area contributed by atoms with Crippen molar-refractivity contribution in [3.63, 3.8) is 0 Å². The third kappa shape index (κ3) is 5.69. The minimum Gasteiger partial charge on any atom is -0.355 e.